The van der Waals surface area contributed by atoms with Gasteiger partial charge in [-0.25, -0.2) is 0 Å². The van der Waals surface area contributed by atoms with Gasteiger partial charge in [0.1, 0.15) is 5.75 Å². The van der Waals surface area contributed by atoms with Crippen LogP contribution in [0.1, 0.15) is 13.3 Å². The minimum Gasteiger partial charge on any atom is -0.497 e. The number of methoxy groups -OCH3 is 1. The number of benzene rings is 1. The van der Waals surface area contributed by atoms with E-state index >= 15 is 0 Å². The molecule has 2 rings (SSSR count). The molecule has 15 heavy (non-hydrogen) atoms. The van der Waals surface area contributed by atoms with Crippen LogP contribution < -0.4 is 4.74 Å². The SMILES string of the molecule is C1CO1.CCCSc1cccc(OC)c1. The summed E-state index contributed by atoms with van der Waals surface area (Å²) in [4.78, 5) is 1.29. The van der Waals surface area contributed by atoms with Gasteiger partial charge >= 0.3 is 0 Å². The molecule has 0 spiro atoms. The zero-order chi connectivity index (χ0) is 10.9. The van der Waals surface area contributed by atoms with Crippen molar-refractivity contribution >= 4 is 11.8 Å². The van der Waals surface area contributed by atoms with Gasteiger partial charge in [-0.3, -0.25) is 0 Å². The molecule has 0 unspecified atom stereocenters. The molecule has 1 saturated heterocycles. The standard InChI is InChI=1S/C10H14OS.C2H4O/c1-3-7-12-10-6-4-5-9(8-10)11-2;1-2-3-1/h4-6,8H,3,7H2,1-2H3;1-2H2. The molecule has 84 valence electrons. The van der Waals surface area contributed by atoms with Crippen LogP contribution in [0.2, 0.25) is 0 Å². The molecule has 0 aliphatic carbocycles. The van der Waals surface area contributed by atoms with Crippen molar-refractivity contribution in [3.05, 3.63) is 24.3 Å². The monoisotopic (exact) mass is 226 g/mol. The Bertz CT molecular complexity index is 271. The van der Waals surface area contributed by atoms with E-state index in [1.54, 1.807) is 7.11 Å². The predicted octanol–water partition coefficient (Wildman–Crippen LogP) is 3.21. The van der Waals surface area contributed by atoms with Gasteiger partial charge in [0.25, 0.3) is 0 Å². The van der Waals surface area contributed by atoms with E-state index in [9.17, 15) is 0 Å². The third-order valence-electron chi connectivity index (χ3n) is 1.72. The molecule has 0 bridgehead atoms. The summed E-state index contributed by atoms with van der Waals surface area (Å²) in [6, 6.07) is 8.18. The van der Waals surface area contributed by atoms with Crippen molar-refractivity contribution in [2.45, 2.75) is 18.2 Å². The van der Waals surface area contributed by atoms with Crippen molar-refractivity contribution in [1.82, 2.24) is 0 Å². The highest BCUT2D eigenvalue weighted by Crippen LogP contribution is 2.22. The van der Waals surface area contributed by atoms with Crippen molar-refractivity contribution in [2.75, 3.05) is 26.1 Å². The lowest BCUT2D eigenvalue weighted by molar-refractivity contribution is 0.413. The Hall–Kier alpha value is -0.670. The van der Waals surface area contributed by atoms with Gasteiger partial charge in [0.15, 0.2) is 0 Å². The van der Waals surface area contributed by atoms with Crippen molar-refractivity contribution in [1.29, 1.82) is 0 Å². The second kappa shape index (κ2) is 7.60. The topological polar surface area (TPSA) is 21.8 Å². The smallest absolute Gasteiger partial charge is 0.119 e. The summed E-state index contributed by atoms with van der Waals surface area (Å²) in [5.41, 5.74) is 0. The van der Waals surface area contributed by atoms with E-state index in [0.29, 0.717) is 0 Å². The molecule has 0 amide bonds. The van der Waals surface area contributed by atoms with Crippen LogP contribution >= 0.6 is 11.8 Å². The van der Waals surface area contributed by atoms with E-state index in [0.717, 1.165) is 19.0 Å². The van der Waals surface area contributed by atoms with E-state index in [4.69, 9.17) is 4.74 Å². The summed E-state index contributed by atoms with van der Waals surface area (Å²) in [5.74, 6) is 2.11. The van der Waals surface area contributed by atoms with Crippen LogP contribution in [0.25, 0.3) is 0 Å². The van der Waals surface area contributed by atoms with Gasteiger partial charge in [-0.15, -0.1) is 11.8 Å². The number of hydrogen-bond acceptors (Lipinski definition) is 3. The largest absolute Gasteiger partial charge is 0.497 e. The molecule has 1 aromatic rings. The molecule has 0 aromatic heterocycles. The second-order valence-corrected chi connectivity index (χ2v) is 4.31. The first-order valence-electron chi connectivity index (χ1n) is 5.21. The molecule has 1 heterocycles. The van der Waals surface area contributed by atoms with Crippen molar-refractivity contribution in [3.63, 3.8) is 0 Å². The van der Waals surface area contributed by atoms with Gasteiger partial charge in [-0.05, 0) is 30.4 Å². The van der Waals surface area contributed by atoms with Crippen LogP contribution in [-0.2, 0) is 4.74 Å². The van der Waals surface area contributed by atoms with Crippen LogP contribution in [0.15, 0.2) is 29.2 Å². The van der Waals surface area contributed by atoms with E-state index in [2.05, 4.69) is 23.8 Å². The van der Waals surface area contributed by atoms with Crippen molar-refractivity contribution in [3.8, 4) is 5.75 Å². The lowest BCUT2D eigenvalue weighted by atomic mass is 10.3. The first-order chi connectivity index (χ1) is 7.36. The maximum atomic E-state index is 5.12. The van der Waals surface area contributed by atoms with Crippen LogP contribution in [-0.4, -0.2) is 26.1 Å². The van der Waals surface area contributed by atoms with Gasteiger partial charge in [0, 0.05) is 4.90 Å². The van der Waals surface area contributed by atoms with Gasteiger partial charge in [0.05, 0.1) is 20.3 Å². The Balaban J connectivity index is 0.000000319. The van der Waals surface area contributed by atoms with Crippen LogP contribution in [0.4, 0.5) is 0 Å². The van der Waals surface area contributed by atoms with E-state index in [1.165, 1.54) is 17.1 Å². The van der Waals surface area contributed by atoms with Gasteiger partial charge < -0.3 is 9.47 Å². The minimum absolute atomic E-state index is 0.941. The molecular formula is C12H18O2S. The van der Waals surface area contributed by atoms with Gasteiger partial charge in [-0.1, -0.05) is 13.0 Å². The molecule has 0 radical (unpaired) electrons. The number of rotatable bonds is 4. The lowest BCUT2D eigenvalue weighted by Crippen LogP contribution is -1.82. The highest BCUT2D eigenvalue weighted by Gasteiger charge is 1.94. The third-order valence-corrected chi connectivity index (χ3v) is 2.92. The first-order valence-corrected chi connectivity index (χ1v) is 6.20. The fourth-order valence-corrected chi connectivity index (χ4v) is 1.72. The third kappa shape index (κ3) is 6.42. The Morgan fingerprint density at radius 3 is 2.67 bits per heavy atom. The molecule has 0 N–H and O–H groups in total. The maximum Gasteiger partial charge on any atom is 0.119 e. The first kappa shape index (κ1) is 12.4. The summed E-state index contributed by atoms with van der Waals surface area (Å²) < 4.78 is 9.62. The molecule has 3 heteroatoms. The van der Waals surface area contributed by atoms with Gasteiger partial charge in [-0.2, -0.15) is 0 Å². The highest BCUT2D eigenvalue weighted by atomic mass is 32.2. The van der Waals surface area contributed by atoms with E-state index < -0.39 is 0 Å². The van der Waals surface area contributed by atoms with Crippen molar-refractivity contribution in [2.24, 2.45) is 0 Å². The molecule has 1 aromatic carbocycles. The molecule has 1 fully saturated rings. The average Bonchev–Trinajstić information content (AvgIpc) is 3.14. The molecular weight excluding hydrogens is 208 g/mol. The molecule has 1 aliphatic rings. The van der Waals surface area contributed by atoms with Crippen molar-refractivity contribution < 1.29 is 9.47 Å². The summed E-state index contributed by atoms with van der Waals surface area (Å²) in [6.07, 6.45) is 1.21. The zero-order valence-electron chi connectivity index (χ0n) is 9.36. The van der Waals surface area contributed by atoms with E-state index in [-0.39, 0.29) is 0 Å². The summed E-state index contributed by atoms with van der Waals surface area (Å²) in [5, 5.41) is 0. The second-order valence-electron chi connectivity index (χ2n) is 3.14. The zero-order valence-corrected chi connectivity index (χ0v) is 10.2. The number of hydrogen-bond donors (Lipinski definition) is 0. The quantitative estimate of drug-likeness (QED) is 0.581. The molecule has 0 saturated carbocycles. The lowest BCUT2D eigenvalue weighted by Gasteiger charge is -2.02. The molecule has 1 aliphatic heterocycles. The van der Waals surface area contributed by atoms with Crippen LogP contribution in [0.3, 0.4) is 0 Å². The summed E-state index contributed by atoms with van der Waals surface area (Å²) >= 11 is 1.87. The molecule has 2 nitrogen and oxygen atoms in total. The predicted molar refractivity (Wildman–Crippen MR) is 64.8 cm³/mol. The fraction of sp³-hybridized carbons (Fsp3) is 0.500. The fourth-order valence-electron chi connectivity index (χ4n) is 0.911. The molecule has 0 atom stereocenters. The minimum atomic E-state index is 0.941. The Kier molecular flexibility index (Phi) is 6.28. The van der Waals surface area contributed by atoms with Crippen LogP contribution in [0, 0.1) is 0 Å². The van der Waals surface area contributed by atoms with E-state index in [1.807, 2.05) is 23.9 Å². The maximum absolute atomic E-state index is 5.12. The Labute approximate surface area is 96.0 Å². The average molecular weight is 226 g/mol. The Morgan fingerprint density at radius 1 is 1.40 bits per heavy atom. The van der Waals surface area contributed by atoms with Crippen LogP contribution in [0.5, 0.6) is 5.75 Å². The Morgan fingerprint density at radius 2 is 2.13 bits per heavy atom. The summed E-state index contributed by atoms with van der Waals surface area (Å²) in [6.45, 7) is 4.19. The normalized spacial score (nSPS) is 12.7. The van der Waals surface area contributed by atoms with Gasteiger partial charge in [0.2, 0.25) is 0 Å². The summed E-state index contributed by atoms with van der Waals surface area (Å²) in [7, 11) is 1.70. The number of ether oxygens (including phenoxy) is 2. The highest BCUT2D eigenvalue weighted by molar-refractivity contribution is 7.99. The number of thioether (sulfide) groups is 1. The number of epoxide rings is 1.